The number of benzene rings is 3. The van der Waals surface area contributed by atoms with Gasteiger partial charge in [0, 0.05) is 34.2 Å². The summed E-state index contributed by atoms with van der Waals surface area (Å²) in [5.41, 5.74) is 2.55. The quantitative estimate of drug-likeness (QED) is 0.379. The number of anilines is 1. The van der Waals surface area contributed by atoms with Crippen LogP contribution in [0.15, 0.2) is 71.6 Å². The summed E-state index contributed by atoms with van der Waals surface area (Å²) < 4.78 is 31.2. The highest BCUT2D eigenvalue weighted by Crippen LogP contribution is 2.37. The number of fused-ring (bicyclic) bond motifs is 1. The lowest BCUT2D eigenvalue weighted by Crippen LogP contribution is -2.20. The number of rotatable bonds is 7. The second-order valence-corrected chi connectivity index (χ2v) is 8.43. The van der Waals surface area contributed by atoms with Crippen LogP contribution in [0.1, 0.15) is 29.9 Å². The lowest BCUT2D eigenvalue weighted by molar-refractivity contribution is -0.142. The Morgan fingerprint density at radius 1 is 1.12 bits per heavy atom. The van der Waals surface area contributed by atoms with E-state index in [0.717, 1.165) is 10.5 Å². The zero-order valence-corrected chi connectivity index (χ0v) is 18.7. The minimum absolute atomic E-state index is 0.0909. The third kappa shape index (κ3) is 6.12. The molecular weight excluding hydrogens is 445 g/mol. The SMILES string of the molecule is CC(=O)Nc1ccc(SCC(=O)OCc2cc(F)cc3c2OC(c2ccccc2)OC3)cc1. The molecule has 0 saturated carbocycles. The molecule has 1 N–H and O–H groups in total. The van der Waals surface area contributed by atoms with Crippen molar-refractivity contribution in [1.29, 1.82) is 0 Å². The van der Waals surface area contributed by atoms with Gasteiger partial charge in [-0.05, 0) is 36.4 Å². The number of ether oxygens (including phenoxy) is 3. The average Bonchev–Trinajstić information content (AvgIpc) is 2.82. The number of thioether (sulfide) groups is 1. The Hall–Kier alpha value is -3.36. The van der Waals surface area contributed by atoms with Gasteiger partial charge in [-0.3, -0.25) is 9.59 Å². The molecule has 3 aromatic rings. The van der Waals surface area contributed by atoms with E-state index >= 15 is 0 Å². The lowest BCUT2D eigenvalue weighted by Gasteiger charge is -2.28. The van der Waals surface area contributed by atoms with E-state index in [0.29, 0.717) is 22.6 Å². The van der Waals surface area contributed by atoms with Gasteiger partial charge in [-0.25, -0.2) is 4.39 Å². The number of nitrogens with one attached hydrogen (secondary N) is 1. The first kappa shape index (κ1) is 22.8. The molecular formula is C25H22FNO5S. The van der Waals surface area contributed by atoms with Gasteiger partial charge in [0.25, 0.3) is 0 Å². The van der Waals surface area contributed by atoms with Crippen LogP contribution in [-0.4, -0.2) is 17.6 Å². The van der Waals surface area contributed by atoms with E-state index in [-0.39, 0.29) is 24.9 Å². The zero-order chi connectivity index (χ0) is 23.2. The minimum atomic E-state index is -0.616. The first-order valence-corrected chi connectivity index (χ1v) is 11.3. The van der Waals surface area contributed by atoms with Crippen LogP contribution in [0.3, 0.4) is 0 Å². The number of carbonyl (C=O) groups excluding carboxylic acids is 2. The zero-order valence-electron chi connectivity index (χ0n) is 17.9. The highest BCUT2D eigenvalue weighted by Gasteiger charge is 2.25. The van der Waals surface area contributed by atoms with Crippen LogP contribution in [0.2, 0.25) is 0 Å². The molecule has 6 nitrogen and oxygen atoms in total. The molecule has 1 heterocycles. The summed E-state index contributed by atoms with van der Waals surface area (Å²) in [6.07, 6.45) is -0.616. The van der Waals surface area contributed by atoms with Crippen LogP contribution in [0, 0.1) is 5.82 Å². The maximum atomic E-state index is 14.1. The van der Waals surface area contributed by atoms with E-state index in [1.165, 1.54) is 30.8 Å². The van der Waals surface area contributed by atoms with E-state index in [1.807, 2.05) is 42.5 Å². The molecule has 0 bridgehead atoms. The van der Waals surface area contributed by atoms with Crippen molar-refractivity contribution in [1.82, 2.24) is 0 Å². The Morgan fingerprint density at radius 3 is 2.61 bits per heavy atom. The largest absolute Gasteiger partial charge is 0.460 e. The maximum Gasteiger partial charge on any atom is 0.316 e. The van der Waals surface area contributed by atoms with E-state index in [9.17, 15) is 14.0 Å². The second kappa shape index (κ2) is 10.5. The van der Waals surface area contributed by atoms with Crippen molar-refractivity contribution in [2.24, 2.45) is 0 Å². The van der Waals surface area contributed by atoms with Gasteiger partial charge in [-0.1, -0.05) is 30.3 Å². The molecule has 1 atom stereocenters. The number of esters is 1. The van der Waals surface area contributed by atoms with Crippen LogP contribution in [0.25, 0.3) is 0 Å². The summed E-state index contributed by atoms with van der Waals surface area (Å²) in [4.78, 5) is 24.2. The summed E-state index contributed by atoms with van der Waals surface area (Å²) in [7, 11) is 0. The third-order valence-electron chi connectivity index (χ3n) is 4.81. The van der Waals surface area contributed by atoms with Crippen LogP contribution in [0.5, 0.6) is 5.75 Å². The minimum Gasteiger partial charge on any atom is -0.460 e. The molecule has 0 radical (unpaired) electrons. The average molecular weight is 468 g/mol. The van der Waals surface area contributed by atoms with E-state index < -0.39 is 18.1 Å². The number of amides is 1. The fraction of sp³-hybridized carbons (Fsp3) is 0.200. The standard InChI is InChI=1S/C25H22FNO5S/c1-16(28)27-21-7-9-22(10-8-21)33-15-23(29)30-13-18-11-20(26)12-19-14-31-25(32-24(18)19)17-5-3-2-4-6-17/h2-12,25H,13-15H2,1H3,(H,27,28). The molecule has 0 saturated heterocycles. The molecule has 1 unspecified atom stereocenters. The summed E-state index contributed by atoms with van der Waals surface area (Å²) >= 11 is 1.31. The molecule has 1 amide bonds. The molecule has 4 rings (SSSR count). The second-order valence-electron chi connectivity index (χ2n) is 7.38. The molecule has 0 fully saturated rings. The van der Waals surface area contributed by atoms with E-state index in [2.05, 4.69) is 5.32 Å². The molecule has 1 aliphatic rings. The Balaban J connectivity index is 1.36. The normalized spacial score (nSPS) is 14.7. The molecule has 3 aromatic carbocycles. The van der Waals surface area contributed by atoms with Crippen molar-refractivity contribution >= 4 is 29.3 Å². The monoisotopic (exact) mass is 467 g/mol. The number of halogens is 1. The van der Waals surface area contributed by atoms with Crippen LogP contribution in [-0.2, 0) is 32.3 Å². The molecule has 0 spiro atoms. The lowest BCUT2D eigenvalue weighted by atomic mass is 10.1. The summed E-state index contributed by atoms with van der Waals surface area (Å²) in [5, 5.41) is 2.69. The Kier molecular flexibility index (Phi) is 7.26. The smallest absolute Gasteiger partial charge is 0.316 e. The van der Waals surface area contributed by atoms with Crippen molar-refractivity contribution in [3.63, 3.8) is 0 Å². The van der Waals surface area contributed by atoms with Gasteiger partial charge < -0.3 is 19.5 Å². The van der Waals surface area contributed by atoms with Gasteiger partial charge >= 0.3 is 5.97 Å². The number of hydrogen-bond donors (Lipinski definition) is 1. The predicted octanol–water partition coefficient (Wildman–Crippen LogP) is 5.23. The molecule has 33 heavy (non-hydrogen) atoms. The van der Waals surface area contributed by atoms with Gasteiger partial charge in [-0.15, -0.1) is 11.8 Å². The predicted molar refractivity (Wildman–Crippen MR) is 122 cm³/mol. The fourth-order valence-corrected chi connectivity index (χ4v) is 4.03. The highest BCUT2D eigenvalue weighted by atomic mass is 32.2. The van der Waals surface area contributed by atoms with Gasteiger partial charge in [0.1, 0.15) is 18.2 Å². The first-order valence-electron chi connectivity index (χ1n) is 10.3. The van der Waals surface area contributed by atoms with Crippen molar-refractivity contribution < 1.29 is 28.2 Å². The van der Waals surface area contributed by atoms with Crippen molar-refractivity contribution in [2.45, 2.75) is 31.3 Å². The van der Waals surface area contributed by atoms with E-state index in [4.69, 9.17) is 14.2 Å². The molecule has 8 heteroatoms. The highest BCUT2D eigenvalue weighted by molar-refractivity contribution is 8.00. The number of hydrogen-bond acceptors (Lipinski definition) is 6. The topological polar surface area (TPSA) is 73.9 Å². The third-order valence-corrected chi connectivity index (χ3v) is 5.80. The first-order chi connectivity index (χ1) is 16.0. The van der Waals surface area contributed by atoms with Gasteiger partial charge in [0.15, 0.2) is 0 Å². The maximum absolute atomic E-state index is 14.1. The molecule has 0 aromatic heterocycles. The van der Waals surface area contributed by atoms with Crippen molar-refractivity contribution in [3.8, 4) is 5.75 Å². The summed E-state index contributed by atoms with van der Waals surface area (Å²) in [5.74, 6) is -0.461. The summed E-state index contributed by atoms with van der Waals surface area (Å²) in [6.45, 7) is 1.52. The van der Waals surface area contributed by atoms with Crippen LogP contribution >= 0.6 is 11.8 Å². The van der Waals surface area contributed by atoms with Gasteiger partial charge in [0.05, 0.1) is 12.4 Å². The number of carbonyl (C=O) groups is 2. The molecule has 0 aliphatic carbocycles. The molecule has 1 aliphatic heterocycles. The Morgan fingerprint density at radius 2 is 1.88 bits per heavy atom. The summed E-state index contributed by atoms with van der Waals surface area (Å²) in [6, 6.07) is 19.3. The van der Waals surface area contributed by atoms with Crippen LogP contribution in [0.4, 0.5) is 10.1 Å². The van der Waals surface area contributed by atoms with Gasteiger partial charge in [-0.2, -0.15) is 0 Å². The Labute approximate surface area is 195 Å². The molecule has 170 valence electrons. The Bertz CT molecular complexity index is 1140. The van der Waals surface area contributed by atoms with Crippen LogP contribution < -0.4 is 10.1 Å². The van der Waals surface area contributed by atoms with E-state index in [1.54, 1.807) is 12.1 Å². The van der Waals surface area contributed by atoms with Crippen molar-refractivity contribution in [2.75, 3.05) is 11.1 Å². The van der Waals surface area contributed by atoms with Gasteiger partial charge in [0.2, 0.25) is 12.2 Å². The van der Waals surface area contributed by atoms with Crippen molar-refractivity contribution in [3.05, 3.63) is 89.2 Å². The fourth-order valence-electron chi connectivity index (χ4n) is 3.34.